The molecule has 0 aliphatic carbocycles. The quantitative estimate of drug-likeness (QED) is 0.848. The van der Waals surface area contributed by atoms with Gasteiger partial charge in [0, 0.05) is 38.3 Å². The molecule has 3 rings (SSSR count). The SMILES string of the molecule is CC(C)Cc1nc(CN2CCCC(c3nccn3C)C2)no1. The predicted molar refractivity (Wildman–Crippen MR) is 83.3 cm³/mol. The summed E-state index contributed by atoms with van der Waals surface area (Å²) in [5.74, 6) is 3.77. The average Bonchev–Trinajstić information content (AvgIpc) is 3.08. The first-order valence-corrected chi connectivity index (χ1v) is 8.13. The van der Waals surface area contributed by atoms with Crippen LogP contribution in [0.5, 0.6) is 0 Å². The van der Waals surface area contributed by atoms with E-state index in [1.54, 1.807) is 0 Å². The van der Waals surface area contributed by atoms with E-state index in [1.165, 1.54) is 18.7 Å². The maximum Gasteiger partial charge on any atom is 0.226 e. The molecule has 2 aromatic rings. The molecule has 6 nitrogen and oxygen atoms in total. The van der Waals surface area contributed by atoms with Crippen molar-refractivity contribution in [3.63, 3.8) is 0 Å². The summed E-state index contributed by atoms with van der Waals surface area (Å²) < 4.78 is 7.46. The fraction of sp³-hybridized carbons (Fsp3) is 0.688. The molecule has 0 spiro atoms. The minimum atomic E-state index is 0.496. The summed E-state index contributed by atoms with van der Waals surface area (Å²) in [6.07, 6.45) is 7.14. The first-order valence-electron chi connectivity index (χ1n) is 8.13. The molecule has 1 atom stereocenters. The molecular formula is C16H25N5O. The first-order chi connectivity index (χ1) is 10.6. The summed E-state index contributed by atoms with van der Waals surface area (Å²) in [5.41, 5.74) is 0. The number of hydrogen-bond acceptors (Lipinski definition) is 5. The van der Waals surface area contributed by atoms with Gasteiger partial charge < -0.3 is 9.09 Å². The molecule has 1 aliphatic heterocycles. The Labute approximate surface area is 131 Å². The summed E-state index contributed by atoms with van der Waals surface area (Å²) in [6, 6.07) is 0. The van der Waals surface area contributed by atoms with Crippen LogP contribution < -0.4 is 0 Å². The molecule has 0 radical (unpaired) electrons. The minimum absolute atomic E-state index is 0.496. The van der Waals surface area contributed by atoms with Gasteiger partial charge in [-0.3, -0.25) is 4.90 Å². The van der Waals surface area contributed by atoms with Crippen LogP contribution in [0.4, 0.5) is 0 Å². The molecule has 2 aromatic heterocycles. The molecule has 120 valence electrons. The Kier molecular flexibility index (Phi) is 4.57. The lowest BCUT2D eigenvalue weighted by atomic mass is 9.97. The second-order valence-corrected chi connectivity index (χ2v) is 6.67. The molecule has 1 aliphatic rings. The Morgan fingerprint density at radius 1 is 1.41 bits per heavy atom. The third-order valence-electron chi connectivity index (χ3n) is 4.19. The average molecular weight is 303 g/mol. The Bertz CT molecular complexity index is 603. The van der Waals surface area contributed by atoms with Gasteiger partial charge in [0.1, 0.15) is 5.82 Å². The van der Waals surface area contributed by atoms with Crippen LogP contribution in [0.3, 0.4) is 0 Å². The van der Waals surface area contributed by atoms with Crippen LogP contribution in [0.1, 0.15) is 50.1 Å². The largest absolute Gasteiger partial charge is 0.339 e. The van der Waals surface area contributed by atoms with Gasteiger partial charge in [0.05, 0.1) is 6.54 Å². The van der Waals surface area contributed by atoms with Crippen LogP contribution in [-0.4, -0.2) is 37.7 Å². The third kappa shape index (κ3) is 3.55. The van der Waals surface area contributed by atoms with Gasteiger partial charge in [0.15, 0.2) is 5.82 Å². The van der Waals surface area contributed by atoms with Gasteiger partial charge in [-0.1, -0.05) is 19.0 Å². The fourth-order valence-electron chi connectivity index (χ4n) is 3.17. The van der Waals surface area contributed by atoms with Crippen LogP contribution in [-0.2, 0) is 20.0 Å². The Morgan fingerprint density at radius 3 is 3.00 bits per heavy atom. The molecular weight excluding hydrogens is 278 g/mol. The molecule has 6 heteroatoms. The summed E-state index contributed by atoms with van der Waals surface area (Å²) in [7, 11) is 2.07. The zero-order valence-corrected chi connectivity index (χ0v) is 13.7. The lowest BCUT2D eigenvalue weighted by Crippen LogP contribution is -2.35. The number of rotatable bonds is 5. The molecule has 0 saturated carbocycles. The highest BCUT2D eigenvalue weighted by Crippen LogP contribution is 2.26. The summed E-state index contributed by atoms with van der Waals surface area (Å²) >= 11 is 0. The van der Waals surface area contributed by atoms with Crippen molar-refractivity contribution >= 4 is 0 Å². The van der Waals surface area contributed by atoms with Gasteiger partial charge in [-0.15, -0.1) is 0 Å². The lowest BCUT2D eigenvalue weighted by molar-refractivity contribution is 0.189. The second-order valence-electron chi connectivity index (χ2n) is 6.67. The zero-order valence-electron chi connectivity index (χ0n) is 13.7. The Balaban J connectivity index is 1.61. The maximum absolute atomic E-state index is 5.33. The molecule has 1 saturated heterocycles. The molecule has 22 heavy (non-hydrogen) atoms. The van der Waals surface area contributed by atoms with Crippen LogP contribution >= 0.6 is 0 Å². The lowest BCUT2D eigenvalue weighted by Gasteiger charge is -2.31. The predicted octanol–water partition coefficient (Wildman–Crippen LogP) is 2.38. The maximum atomic E-state index is 5.33. The fourth-order valence-corrected chi connectivity index (χ4v) is 3.17. The van der Waals surface area contributed by atoms with Crippen molar-refractivity contribution in [3.05, 3.63) is 29.9 Å². The van der Waals surface area contributed by atoms with E-state index >= 15 is 0 Å². The zero-order chi connectivity index (χ0) is 15.5. The van der Waals surface area contributed by atoms with E-state index in [0.717, 1.165) is 37.8 Å². The topological polar surface area (TPSA) is 60.0 Å². The van der Waals surface area contributed by atoms with E-state index in [0.29, 0.717) is 11.8 Å². The summed E-state index contributed by atoms with van der Waals surface area (Å²) in [4.78, 5) is 11.4. The number of hydrogen-bond donors (Lipinski definition) is 0. The van der Waals surface area contributed by atoms with E-state index in [4.69, 9.17) is 4.52 Å². The Morgan fingerprint density at radius 2 is 2.27 bits per heavy atom. The van der Waals surface area contributed by atoms with Crippen LogP contribution in [0.2, 0.25) is 0 Å². The molecule has 1 unspecified atom stereocenters. The molecule has 0 amide bonds. The van der Waals surface area contributed by atoms with E-state index in [-0.39, 0.29) is 0 Å². The van der Waals surface area contributed by atoms with Gasteiger partial charge in [0.2, 0.25) is 5.89 Å². The number of piperidine rings is 1. The van der Waals surface area contributed by atoms with Gasteiger partial charge in [-0.25, -0.2) is 4.98 Å². The molecule has 3 heterocycles. The number of aromatic nitrogens is 4. The van der Waals surface area contributed by atoms with E-state index in [1.807, 2.05) is 12.4 Å². The normalized spacial score (nSPS) is 19.9. The van der Waals surface area contributed by atoms with E-state index in [9.17, 15) is 0 Å². The van der Waals surface area contributed by atoms with Crippen molar-refractivity contribution in [2.45, 2.75) is 45.6 Å². The number of aryl methyl sites for hydroxylation is 1. The van der Waals surface area contributed by atoms with Gasteiger partial charge in [-0.05, 0) is 25.3 Å². The summed E-state index contributed by atoms with van der Waals surface area (Å²) in [6.45, 7) is 7.19. The Hall–Kier alpha value is -1.69. The summed E-state index contributed by atoms with van der Waals surface area (Å²) in [5, 5.41) is 4.12. The molecule has 0 N–H and O–H groups in total. The molecule has 0 bridgehead atoms. The van der Waals surface area contributed by atoms with Crippen molar-refractivity contribution in [1.29, 1.82) is 0 Å². The van der Waals surface area contributed by atoms with E-state index < -0.39 is 0 Å². The van der Waals surface area contributed by atoms with Crippen molar-refractivity contribution in [1.82, 2.24) is 24.6 Å². The van der Waals surface area contributed by atoms with Crippen LogP contribution in [0.15, 0.2) is 16.9 Å². The second kappa shape index (κ2) is 6.60. The monoisotopic (exact) mass is 303 g/mol. The highest BCUT2D eigenvalue weighted by Gasteiger charge is 2.25. The van der Waals surface area contributed by atoms with Gasteiger partial charge >= 0.3 is 0 Å². The standard InChI is InChI=1S/C16H25N5O/c1-12(2)9-15-18-14(19-22-15)11-21-7-4-5-13(10-21)16-17-6-8-20(16)3/h6,8,12-13H,4-5,7,9-11H2,1-3H3. The third-order valence-corrected chi connectivity index (χ3v) is 4.19. The van der Waals surface area contributed by atoms with Gasteiger partial charge in [-0.2, -0.15) is 4.98 Å². The van der Waals surface area contributed by atoms with Crippen molar-refractivity contribution < 1.29 is 4.52 Å². The minimum Gasteiger partial charge on any atom is -0.339 e. The first kappa shape index (κ1) is 15.2. The molecule has 1 fully saturated rings. The number of imidazole rings is 1. The van der Waals surface area contributed by atoms with Crippen LogP contribution in [0.25, 0.3) is 0 Å². The molecule has 0 aromatic carbocycles. The highest BCUT2D eigenvalue weighted by molar-refractivity contribution is 5.03. The highest BCUT2D eigenvalue weighted by atomic mass is 16.5. The van der Waals surface area contributed by atoms with Crippen molar-refractivity contribution in [2.75, 3.05) is 13.1 Å². The smallest absolute Gasteiger partial charge is 0.226 e. The van der Waals surface area contributed by atoms with Crippen molar-refractivity contribution in [2.24, 2.45) is 13.0 Å². The van der Waals surface area contributed by atoms with Gasteiger partial charge in [0.25, 0.3) is 0 Å². The van der Waals surface area contributed by atoms with Crippen molar-refractivity contribution in [3.8, 4) is 0 Å². The number of nitrogens with zero attached hydrogens (tertiary/aromatic N) is 5. The van der Waals surface area contributed by atoms with Crippen LogP contribution in [0, 0.1) is 5.92 Å². The van der Waals surface area contributed by atoms with E-state index in [2.05, 4.69) is 45.5 Å². The number of likely N-dealkylation sites (tertiary alicyclic amines) is 1.